The second kappa shape index (κ2) is 19.1. The monoisotopic (exact) mass is 766 g/mol. The van der Waals surface area contributed by atoms with E-state index in [1.807, 2.05) is 0 Å². The first kappa shape index (κ1) is 46.9. The molecule has 1 amide bonds. The van der Waals surface area contributed by atoms with E-state index in [4.69, 9.17) is 24.9 Å². The van der Waals surface area contributed by atoms with Crippen molar-refractivity contribution in [3.8, 4) is 0 Å². The number of nitrogens with one attached hydrogen (secondary N) is 1. The number of aliphatic hydroxyl groups excluding tert-OH is 1. The highest BCUT2D eigenvalue weighted by atomic mass is 32.3. The molecule has 1 saturated heterocycles. The summed E-state index contributed by atoms with van der Waals surface area (Å²) >= 11 is 0. The number of aliphatic hydroxyl groups is 1. The number of rotatable bonds is 13. The van der Waals surface area contributed by atoms with Gasteiger partial charge in [0.2, 0.25) is 0 Å². The predicted molar refractivity (Wildman–Crippen MR) is 165 cm³/mol. The fourth-order valence-electron chi connectivity index (χ4n) is 2.66. The number of hydrogen-bond acceptors (Lipinski definition) is 18. The third kappa shape index (κ3) is 22.9. The first-order chi connectivity index (χ1) is 21.0. The standard InChI is InChI=1S/C11H21NO5.C9H19NO8S2.C3H6O5S2/c1-6-16-8(14)11(5,7-13)12-9(15)17-10(2,3)4;1-3-17-8(11)9(2,10)7-18-20(15,16)6-4-5-19(12,13)14;4-9(5)2-1-3-10(6,7)8-9/h13H,6-7H2,1-5H3,(H,12,15);3-7,10H2,1-2H3,(H,12,13,14);1-3H2. The number of carbonyl (C=O) groups is 3. The molecule has 0 bridgehead atoms. The fraction of sp³-hybridized carbons (Fsp3) is 0.870. The Morgan fingerprint density at radius 3 is 1.70 bits per heavy atom. The van der Waals surface area contributed by atoms with Gasteiger partial charge in [-0.05, 0) is 61.3 Å². The highest BCUT2D eigenvalue weighted by Gasteiger charge is 2.37. The lowest BCUT2D eigenvalue weighted by Gasteiger charge is -2.28. The number of alkyl carbamates (subject to hydrolysis) is 1. The molecular weight excluding hydrogens is 721 g/mol. The van der Waals surface area contributed by atoms with E-state index in [9.17, 15) is 48.1 Å². The second-order valence-corrected chi connectivity index (χ2v) is 18.0. The molecule has 0 aromatic heterocycles. The Morgan fingerprint density at radius 1 is 0.872 bits per heavy atom. The fourth-order valence-corrected chi connectivity index (χ4v) is 7.38. The Morgan fingerprint density at radius 2 is 1.34 bits per heavy atom. The van der Waals surface area contributed by atoms with Crippen LogP contribution < -0.4 is 11.1 Å². The van der Waals surface area contributed by atoms with Crippen LogP contribution in [0.3, 0.4) is 0 Å². The van der Waals surface area contributed by atoms with Crippen molar-refractivity contribution < 1.29 is 79.7 Å². The van der Waals surface area contributed by atoms with E-state index >= 15 is 0 Å². The summed E-state index contributed by atoms with van der Waals surface area (Å²) in [5.74, 6) is -3.24. The third-order valence-corrected chi connectivity index (χ3v) is 10.2. The molecule has 0 aliphatic carbocycles. The van der Waals surface area contributed by atoms with Crippen molar-refractivity contribution in [2.45, 2.75) is 78.0 Å². The van der Waals surface area contributed by atoms with Crippen molar-refractivity contribution >= 4 is 58.5 Å². The van der Waals surface area contributed by atoms with E-state index in [0.717, 1.165) is 0 Å². The van der Waals surface area contributed by atoms with Crippen LogP contribution in [0.4, 0.5) is 4.79 Å². The van der Waals surface area contributed by atoms with Crippen LogP contribution in [0.2, 0.25) is 0 Å². The summed E-state index contributed by atoms with van der Waals surface area (Å²) in [6.45, 7) is 10.0. The van der Waals surface area contributed by atoms with Crippen LogP contribution in [0.5, 0.6) is 0 Å². The lowest BCUT2D eigenvalue weighted by atomic mass is 10.1. The molecule has 20 nitrogen and oxygen atoms in total. The van der Waals surface area contributed by atoms with Gasteiger partial charge in [-0.2, -0.15) is 33.7 Å². The minimum absolute atomic E-state index is 0.0900. The quantitative estimate of drug-likeness (QED) is 0.0739. The van der Waals surface area contributed by atoms with Crippen molar-refractivity contribution in [3.63, 3.8) is 0 Å². The summed E-state index contributed by atoms with van der Waals surface area (Å²) in [4.78, 5) is 34.4. The predicted octanol–water partition coefficient (Wildman–Crippen LogP) is -1.22. The zero-order valence-corrected chi connectivity index (χ0v) is 30.5. The van der Waals surface area contributed by atoms with Crippen molar-refractivity contribution in [1.82, 2.24) is 5.32 Å². The molecule has 1 fully saturated rings. The maximum absolute atomic E-state index is 11.5. The molecule has 2 atom stereocenters. The minimum Gasteiger partial charge on any atom is -0.465 e. The molecule has 1 aliphatic rings. The first-order valence-electron chi connectivity index (χ1n) is 13.7. The average molecular weight is 767 g/mol. The van der Waals surface area contributed by atoms with Crippen LogP contribution in [0.1, 0.15) is 61.3 Å². The summed E-state index contributed by atoms with van der Waals surface area (Å²) in [6, 6.07) is 0. The van der Waals surface area contributed by atoms with Gasteiger partial charge in [0, 0.05) is 0 Å². The van der Waals surface area contributed by atoms with Gasteiger partial charge >= 0.3 is 18.0 Å². The molecule has 280 valence electrons. The first-order valence-corrected chi connectivity index (χ1v) is 20.0. The highest BCUT2D eigenvalue weighted by molar-refractivity contribution is 8.00. The number of hydrogen-bond donors (Lipinski definition) is 4. The van der Waals surface area contributed by atoms with Gasteiger partial charge in [0.25, 0.3) is 40.5 Å². The molecule has 24 heteroatoms. The molecule has 2 unspecified atom stereocenters. The topological polar surface area (TPSA) is 312 Å². The molecule has 0 radical (unpaired) electrons. The normalized spacial score (nSPS) is 18.3. The van der Waals surface area contributed by atoms with Crippen molar-refractivity contribution in [3.05, 3.63) is 0 Å². The van der Waals surface area contributed by atoms with E-state index in [0.29, 0.717) is 0 Å². The Bertz CT molecular complexity index is 1440. The van der Waals surface area contributed by atoms with Crippen molar-refractivity contribution in [2.24, 2.45) is 5.73 Å². The lowest BCUT2D eigenvalue weighted by Crippen LogP contribution is -2.56. The Kier molecular flexibility index (Phi) is 19.1. The third-order valence-electron chi connectivity index (χ3n) is 4.89. The highest BCUT2D eigenvalue weighted by Crippen LogP contribution is 2.12. The Labute approximate surface area is 276 Å². The van der Waals surface area contributed by atoms with Crippen LogP contribution in [0.25, 0.3) is 0 Å². The second-order valence-electron chi connectivity index (χ2n) is 11.1. The average Bonchev–Trinajstić information content (AvgIpc) is 2.85. The van der Waals surface area contributed by atoms with E-state index in [1.165, 1.54) is 13.8 Å². The molecule has 0 saturated carbocycles. The smallest absolute Gasteiger partial charge is 0.408 e. The molecule has 1 rings (SSSR count). The SMILES string of the molecule is CCOC(=O)C(C)(CO)NC(=O)OC(C)(C)C.CCOC(=O)C(C)(N)COS(=O)(=O)CCCS(=O)(=O)O.O=S1(=O)CCCS(=O)(=O)O1. The van der Waals surface area contributed by atoms with Gasteiger partial charge in [-0.15, -0.1) is 3.63 Å². The van der Waals surface area contributed by atoms with Crippen molar-refractivity contribution in [1.29, 1.82) is 0 Å². The maximum Gasteiger partial charge on any atom is 0.408 e. The van der Waals surface area contributed by atoms with Gasteiger partial charge in [-0.25, -0.2) is 14.4 Å². The van der Waals surface area contributed by atoms with E-state index in [2.05, 4.69) is 17.9 Å². The van der Waals surface area contributed by atoms with Gasteiger partial charge in [0.1, 0.15) is 11.1 Å². The summed E-state index contributed by atoms with van der Waals surface area (Å²) < 4.78 is 117. The number of amides is 1. The van der Waals surface area contributed by atoms with Crippen LogP contribution in [0.15, 0.2) is 0 Å². The zero-order chi connectivity index (χ0) is 37.5. The molecule has 47 heavy (non-hydrogen) atoms. The number of nitrogens with two attached hydrogens (primary N) is 1. The number of carbonyl (C=O) groups excluding carboxylic acids is 3. The largest absolute Gasteiger partial charge is 0.465 e. The van der Waals surface area contributed by atoms with Gasteiger partial charge in [-0.3, -0.25) is 8.74 Å². The van der Waals surface area contributed by atoms with Crippen LogP contribution in [-0.4, -0.2) is 127 Å². The van der Waals surface area contributed by atoms with E-state index in [1.54, 1.807) is 34.6 Å². The van der Waals surface area contributed by atoms with Crippen LogP contribution in [0, 0.1) is 0 Å². The molecule has 0 aromatic rings. The molecular formula is C23H46N2O18S4. The van der Waals surface area contributed by atoms with Gasteiger partial charge in [0.05, 0.1) is 49.4 Å². The summed E-state index contributed by atoms with van der Waals surface area (Å²) in [6.07, 6.45) is -0.978. The van der Waals surface area contributed by atoms with Gasteiger partial charge in [0.15, 0.2) is 5.54 Å². The van der Waals surface area contributed by atoms with E-state index < -0.39 is 99.9 Å². The molecule has 0 spiro atoms. The summed E-state index contributed by atoms with van der Waals surface area (Å²) in [7, 11) is -15.8. The van der Waals surface area contributed by atoms with Gasteiger partial charge in [-0.1, -0.05) is 0 Å². The lowest BCUT2D eigenvalue weighted by molar-refractivity contribution is -0.152. The van der Waals surface area contributed by atoms with E-state index in [-0.39, 0.29) is 37.6 Å². The summed E-state index contributed by atoms with van der Waals surface area (Å²) in [5.41, 5.74) is 1.76. The Hall–Kier alpha value is -2.19. The molecule has 0 aromatic carbocycles. The van der Waals surface area contributed by atoms with Crippen LogP contribution in [-0.2, 0) is 72.1 Å². The maximum atomic E-state index is 11.5. The Balaban J connectivity index is 0. The molecule has 1 heterocycles. The minimum atomic E-state index is -4.23. The zero-order valence-electron chi connectivity index (χ0n) is 27.2. The number of ether oxygens (including phenoxy) is 3. The molecule has 5 N–H and O–H groups in total. The molecule has 1 aliphatic heterocycles. The van der Waals surface area contributed by atoms with Crippen molar-refractivity contribution in [2.75, 3.05) is 49.4 Å². The summed E-state index contributed by atoms with van der Waals surface area (Å²) in [5, 5.41) is 11.5. The number of esters is 2. The van der Waals surface area contributed by atoms with Crippen LogP contribution >= 0.6 is 0 Å². The van der Waals surface area contributed by atoms with Gasteiger partial charge < -0.3 is 30.4 Å².